The number of urea groups is 1. The number of rotatable bonds is 18. The summed E-state index contributed by atoms with van der Waals surface area (Å²) in [5.74, 6) is -1.58. The molecule has 13 nitrogen and oxygen atoms in total. The first-order valence-electron chi connectivity index (χ1n) is 14.9. The van der Waals surface area contributed by atoms with E-state index < -0.39 is 40.3 Å². The molecule has 1 aromatic rings. The molecule has 0 spiro atoms. The van der Waals surface area contributed by atoms with E-state index in [-0.39, 0.29) is 41.9 Å². The van der Waals surface area contributed by atoms with Crippen molar-refractivity contribution in [3.63, 3.8) is 0 Å². The summed E-state index contributed by atoms with van der Waals surface area (Å²) in [6.45, 7) is 4.13. The average Bonchev–Trinajstić information content (AvgIpc) is 3.52. The second-order valence-electron chi connectivity index (χ2n) is 11.5. The van der Waals surface area contributed by atoms with E-state index in [0.717, 1.165) is 43.2 Å². The normalized spacial score (nSPS) is 20.2. The molecule has 15 heteroatoms. The third kappa shape index (κ3) is 10.5. The Bertz CT molecular complexity index is 1220. The number of unbranched alkanes of at least 4 members (excludes halogenated alkanes) is 2. The number of carbonyl (C=O) groups excluding carboxylic acids is 5. The Balaban J connectivity index is 1.34. The van der Waals surface area contributed by atoms with Gasteiger partial charge in [-0.15, -0.1) is 0 Å². The number of benzene rings is 1. The number of hydrogen-bond donors (Lipinski definition) is 5. The van der Waals surface area contributed by atoms with Crippen LogP contribution in [0.5, 0.6) is 0 Å². The number of aldehydes is 1. The first kappa shape index (κ1) is 34.7. The summed E-state index contributed by atoms with van der Waals surface area (Å²) in [5.41, 5.74) is -1.02. The number of nitro benzene ring substituents is 1. The van der Waals surface area contributed by atoms with Crippen molar-refractivity contribution < 1.29 is 33.3 Å². The van der Waals surface area contributed by atoms with Crippen LogP contribution in [0.15, 0.2) is 18.2 Å². The predicted molar refractivity (Wildman–Crippen MR) is 163 cm³/mol. The average molecular weight is 637 g/mol. The summed E-state index contributed by atoms with van der Waals surface area (Å²) < 4.78 is 13.7. The molecule has 5 N–H and O–H groups in total. The van der Waals surface area contributed by atoms with E-state index in [0.29, 0.717) is 43.8 Å². The molecule has 0 aliphatic carbocycles. The lowest BCUT2D eigenvalue weighted by molar-refractivity contribution is -0.387. The van der Waals surface area contributed by atoms with Crippen molar-refractivity contribution in [2.24, 2.45) is 5.92 Å². The van der Waals surface area contributed by atoms with Crippen molar-refractivity contribution in [2.75, 3.05) is 12.3 Å². The van der Waals surface area contributed by atoms with Crippen LogP contribution in [0.4, 0.5) is 14.9 Å². The summed E-state index contributed by atoms with van der Waals surface area (Å²) in [5, 5.41) is 25.3. The van der Waals surface area contributed by atoms with Crippen LogP contribution in [0, 0.1) is 21.8 Å². The minimum absolute atomic E-state index is 0.00636. The number of nitrogens with zero attached hydrogens (tertiary/aromatic N) is 1. The topological polar surface area (TPSA) is 189 Å². The van der Waals surface area contributed by atoms with Gasteiger partial charge in [0.1, 0.15) is 12.3 Å². The lowest BCUT2D eigenvalue weighted by atomic mass is 10.0. The van der Waals surface area contributed by atoms with Gasteiger partial charge in [-0.2, -0.15) is 16.2 Å². The van der Waals surface area contributed by atoms with Gasteiger partial charge in [-0.1, -0.05) is 20.3 Å². The monoisotopic (exact) mass is 636 g/mol. The fourth-order valence-electron chi connectivity index (χ4n) is 5.28. The third-order valence-corrected chi connectivity index (χ3v) is 9.08. The lowest BCUT2D eigenvalue weighted by Crippen LogP contribution is -2.50. The van der Waals surface area contributed by atoms with E-state index in [4.69, 9.17) is 0 Å². The van der Waals surface area contributed by atoms with E-state index in [1.165, 1.54) is 0 Å². The van der Waals surface area contributed by atoms with E-state index >= 15 is 0 Å². The molecule has 0 bridgehead atoms. The van der Waals surface area contributed by atoms with Gasteiger partial charge in [-0.25, -0.2) is 4.79 Å². The molecule has 3 rings (SSSR count). The summed E-state index contributed by atoms with van der Waals surface area (Å²) in [4.78, 5) is 71.1. The molecule has 5 amide bonds. The number of hydrogen-bond acceptors (Lipinski definition) is 8. The molecule has 2 saturated heterocycles. The minimum atomic E-state index is -1.08. The molecule has 2 heterocycles. The van der Waals surface area contributed by atoms with Gasteiger partial charge in [0.2, 0.25) is 17.6 Å². The Hall–Kier alpha value is -3.75. The number of nitro groups is 1. The highest BCUT2D eigenvalue weighted by molar-refractivity contribution is 8.00. The Morgan fingerprint density at radius 3 is 2.64 bits per heavy atom. The third-order valence-electron chi connectivity index (χ3n) is 7.57. The molecule has 44 heavy (non-hydrogen) atoms. The highest BCUT2D eigenvalue weighted by Gasteiger charge is 2.42. The molecular formula is C29H41FN6O7S. The molecule has 1 aromatic carbocycles. The molecular weight excluding hydrogens is 595 g/mol. The number of halogens is 1. The molecule has 2 fully saturated rings. The van der Waals surface area contributed by atoms with Crippen LogP contribution in [0.3, 0.4) is 0 Å². The van der Waals surface area contributed by atoms with Crippen LogP contribution in [0.2, 0.25) is 0 Å². The zero-order valence-electron chi connectivity index (χ0n) is 24.9. The highest BCUT2D eigenvalue weighted by atomic mass is 32.2. The van der Waals surface area contributed by atoms with E-state index in [1.54, 1.807) is 0 Å². The van der Waals surface area contributed by atoms with Crippen molar-refractivity contribution >= 4 is 47.5 Å². The van der Waals surface area contributed by atoms with Gasteiger partial charge in [-0.05, 0) is 56.6 Å². The van der Waals surface area contributed by atoms with Crippen molar-refractivity contribution in [3.8, 4) is 0 Å². The van der Waals surface area contributed by atoms with Gasteiger partial charge in [0, 0.05) is 35.6 Å². The maximum absolute atomic E-state index is 13.7. The van der Waals surface area contributed by atoms with Crippen LogP contribution in [-0.4, -0.2) is 76.7 Å². The maximum Gasteiger partial charge on any atom is 0.315 e. The minimum Gasteiger partial charge on any atom is -0.356 e. The van der Waals surface area contributed by atoms with Crippen LogP contribution in [0.1, 0.15) is 75.6 Å². The Labute approximate surface area is 259 Å². The molecule has 2 aliphatic heterocycles. The van der Waals surface area contributed by atoms with Crippen LogP contribution >= 0.6 is 11.8 Å². The largest absolute Gasteiger partial charge is 0.356 e. The van der Waals surface area contributed by atoms with Gasteiger partial charge < -0.3 is 31.4 Å². The number of thioether (sulfide) groups is 1. The van der Waals surface area contributed by atoms with Crippen molar-refractivity contribution in [1.82, 2.24) is 26.6 Å². The molecule has 5 atom stereocenters. The summed E-state index contributed by atoms with van der Waals surface area (Å²) >= 11 is 1.85. The number of amides is 5. The van der Waals surface area contributed by atoms with E-state index in [9.17, 15) is 38.5 Å². The fraction of sp³-hybridized carbons (Fsp3) is 0.621. The van der Waals surface area contributed by atoms with Gasteiger partial charge >= 0.3 is 11.7 Å². The molecule has 0 saturated carbocycles. The van der Waals surface area contributed by atoms with Crippen molar-refractivity contribution in [1.29, 1.82) is 0 Å². The van der Waals surface area contributed by atoms with E-state index in [2.05, 4.69) is 26.6 Å². The second kappa shape index (κ2) is 16.9. The molecule has 2 aliphatic rings. The zero-order chi connectivity index (χ0) is 32.2. The molecule has 0 aromatic heterocycles. The van der Waals surface area contributed by atoms with Gasteiger partial charge in [0.15, 0.2) is 0 Å². The van der Waals surface area contributed by atoms with Gasteiger partial charge in [0.25, 0.3) is 5.91 Å². The van der Waals surface area contributed by atoms with Crippen LogP contribution in [0.25, 0.3) is 0 Å². The molecule has 0 radical (unpaired) electrons. The number of carbonyl (C=O) groups is 5. The SMILES string of the molecule is CC(C)C[C@H](NC(=O)c1ccc(F)c([N+](=O)[O-])c1)C(=O)N[C@H](C=O)CCCCNC(=O)CCCC[C@@H]1SC[C@@H]2NC(=O)N[C@@H]21. The molecule has 0 unspecified atom stereocenters. The van der Waals surface area contributed by atoms with E-state index in [1.807, 2.05) is 25.6 Å². The maximum atomic E-state index is 13.7. The smallest absolute Gasteiger partial charge is 0.315 e. The first-order valence-corrected chi connectivity index (χ1v) is 16.0. The first-order chi connectivity index (χ1) is 21.0. The standard InChI is InChI=1S/C29H41FN6O7S/c1-17(2)13-21(33-27(39)18-10-11-20(30)23(14-18)36(42)43)28(40)32-19(15-37)7-5-6-12-31-25(38)9-4-3-8-24-26-22(16-44-24)34-29(41)35-26/h10-11,14-15,17,19,21-22,24,26H,3-9,12-13,16H2,1-2H3,(H,31,38)(H,32,40)(H,33,39)(H2,34,35,41)/t19-,21-,22-,24-,26-/m0/s1. The quantitative estimate of drug-likeness (QED) is 0.0534. The van der Waals surface area contributed by atoms with Crippen LogP contribution < -0.4 is 26.6 Å². The summed E-state index contributed by atoms with van der Waals surface area (Å²) in [6.07, 6.45) is 5.37. The van der Waals surface area contributed by atoms with Gasteiger partial charge in [0.05, 0.1) is 23.0 Å². The number of fused-ring (bicyclic) bond motifs is 1. The Morgan fingerprint density at radius 2 is 1.93 bits per heavy atom. The van der Waals surface area contributed by atoms with Crippen LogP contribution in [-0.2, 0) is 14.4 Å². The Kier molecular flexibility index (Phi) is 13.4. The van der Waals surface area contributed by atoms with Crippen molar-refractivity contribution in [3.05, 3.63) is 39.7 Å². The fourth-order valence-corrected chi connectivity index (χ4v) is 6.82. The second-order valence-corrected chi connectivity index (χ2v) is 12.8. The molecule has 242 valence electrons. The Morgan fingerprint density at radius 1 is 1.16 bits per heavy atom. The van der Waals surface area contributed by atoms with Gasteiger partial charge in [-0.3, -0.25) is 24.5 Å². The van der Waals surface area contributed by atoms with Crippen molar-refractivity contribution in [2.45, 2.75) is 94.6 Å². The summed E-state index contributed by atoms with van der Waals surface area (Å²) in [6, 6.07) is 1.14. The highest BCUT2D eigenvalue weighted by Crippen LogP contribution is 2.33. The lowest BCUT2D eigenvalue weighted by Gasteiger charge is -2.22. The number of nitrogens with one attached hydrogen (secondary N) is 5. The zero-order valence-corrected chi connectivity index (χ0v) is 25.8. The summed E-state index contributed by atoms with van der Waals surface area (Å²) in [7, 11) is 0. The predicted octanol–water partition coefficient (Wildman–Crippen LogP) is 2.57.